The second kappa shape index (κ2) is 16.6. The van der Waals surface area contributed by atoms with E-state index in [1.165, 1.54) is 23.5 Å². The number of benzene rings is 1. The van der Waals surface area contributed by atoms with E-state index in [2.05, 4.69) is 5.32 Å². The maximum Gasteiger partial charge on any atom is 0.408 e. The molecule has 1 aliphatic rings. The van der Waals surface area contributed by atoms with Gasteiger partial charge in [-0.15, -0.1) is 0 Å². The number of alkyl halides is 1. The Kier molecular flexibility index (Phi) is 14.4. The first-order valence-corrected chi connectivity index (χ1v) is 14.6. The van der Waals surface area contributed by atoms with Crippen LogP contribution >= 0.6 is 22.6 Å². The van der Waals surface area contributed by atoms with Crippen LogP contribution in [0.3, 0.4) is 0 Å². The van der Waals surface area contributed by atoms with Crippen molar-refractivity contribution in [1.29, 1.82) is 0 Å². The van der Waals surface area contributed by atoms with Gasteiger partial charge in [-0.2, -0.15) is 4.31 Å². The van der Waals surface area contributed by atoms with Crippen molar-refractivity contribution in [2.75, 3.05) is 66.6 Å². The largest absolute Gasteiger partial charge is 0.497 e. The number of ether oxygens (including phenoxy) is 6. The number of carbonyl (C=O) groups is 1. The number of hydrogen-bond acceptors (Lipinski definition) is 10. The number of carbonyl (C=O) groups excluding carboxylic acids is 1. The van der Waals surface area contributed by atoms with Crippen LogP contribution in [-0.2, 0) is 33.7 Å². The summed E-state index contributed by atoms with van der Waals surface area (Å²) in [5.74, 6) is 0.533. The minimum absolute atomic E-state index is 0.00251. The number of nitrogens with one attached hydrogen (secondary N) is 1. The Morgan fingerprint density at radius 1 is 1.08 bits per heavy atom. The minimum Gasteiger partial charge on any atom is -0.497 e. The fourth-order valence-electron chi connectivity index (χ4n) is 3.23. The quantitative estimate of drug-likeness (QED) is 0.216. The topological polar surface area (TPSA) is 142 Å². The lowest BCUT2D eigenvalue weighted by atomic mass is 10.2. The van der Waals surface area contributed by atoms with E-state index in [1.54, 1.807) is 12.1 Å². The Morgan fingerprint density at radius 3 is 2.19 bits per heavy atom. The number of sulfonamides is 1. The summed E-state index contributed by atoms with van der Waals surface area (Å²) < 4.78 is 58.8. The number of nitrogens with zero attached hydrogens (tertiary/aromatic N) is 1. The molecule has 1 amide bonds. The molecule has 2 atom stereocenters. The Morgan fingerprint density at radius 2 is 1.65 bits per heavy atom. The Hall–Kier alpha value is -1.27. The van der Waals surface area contributed by atoms with Crippen LogP contribution in [-0.4, -0.2) is 107 Å². The van der Waals surface area contributed by atoms with Crippen molar-refractivity contribution in [3.8, 4) is 5.75 Å². The Labute approximate surface area is 232 Å². The highest BCUT2D eigenvalue weighted by atomic mass is 127. The molecule has 1 saturated heterocycles. The number of hydrogen-bond donors (Lipinski definition) is 2. The predicted molar refractivity (Wildman–Crippen MR) is 142 cm³/mol. The van der Waals surface area contributed by atoms with Gasteiger partial charge in [-0.25, -0.2) is 13.2 Å². The molecule has 0 spiro atoms. The summed E-state index contributed by atoms with van der Waals surface area (Å²) >= 11 is 1.84. The van der Waals surface area contributed by atoms with Crippen molar-refractivity contribution in [2.24, 2.45) is 5.92 Å². The SMILES string of the molecule is COc1ccc(S(=O)(=O)N(CC(C)C)CC(O)C(I)NC(=O)OC2COCCOCOCCOC2)cc1. The molecule has 0 aliphatic carbocycles. The summed E-state index contributed by atoms with van der Waals surface area (Å²) in [6, 6.07) is 6.03. The predicted octanol–water partition coefficient (Wildman–Crippen LogP) is 1.60. The van der Waals surface area contributed by atoms with Crippen molar-refractivity contribution in [3.05, 3.63) is 24.3 Å². The van der Waals surface area contributed by atoms with E-state index in [0.717, 1.165) is 0 Å². The third kappa shape index (κ3) is 11.6. The summed E-state index contributed by atoms with van der Waals surface area (Å²) in [5, 5.41) is 13.3. The Balaban J connectivity index is 1.97. The number of amides is 1. The van der Waals surface area contributed by atoms with E-state index in [9.17, 15) is 18.3 Å². The van der Waals surface area contributed by atoms with E-state index in [1.807, 2.05) is 36.4 Å². The summed E-state index contributed by atoms with van der Waals surface area (Å²) in [7, 11) is -2.41. The highest BCUT2D eigenvalue weighted by molar-refractivity contribution is 14.1. The molecule has 0 bridgehead atoms. The van der Waals surface area contributed by atoms with Crippen LogP contribution in [0.4, 0.5) is 4.79 Å². The molecule has 1 aromatic rings. The normalized spacial score (nSPS) is 18.5. The molecule has 212 valence electrons. The van der Waals surface area contributed by atoms with Crippen molar-refractivity contribution in [1.82, 2.24) is 9.62 Å². The van der Waals surface area contributed by atoms with Gasteiger partial charge in [-0.3, -0.25) is 0 Å². The van der Waals surface area contributed by atoms with Crippen molar-refractivity contribution >= 4 is 38.7 Å². The molecule has 2 unspecified atom stereocenters. The van der Waals surface area contributed by atoms with Crippen molar-refractivity contribution < 1.29 is 46.7 Å². The lowest BCUT2D eigenvalue weighted by Crippen LogP contribution is -2.48. The van der Waals surface area contributed by atoms with Gasteiger partial charge in [-0.05, 0) is 30.2 Å². The molecular formula is C23H37IN2O10S. The van der Waals surface area contributed by atoms with Crippen LogP contribution in [0.5, 0.6) is 5.75 Å². The van der Waals surface area contributed by atoms with E-state index >= 15 is 0 Å². The minimum atomic E-state index is -3.90. The summed E-state index contributed by atoms with van der Waals surface area (Å²) in [5.41, 5.74) is 0. The standard InChI is InChI=1S/C23H37IN2O10S/c1-17(2)12-26(37(29,30)20-6-4-18(31-3)5-7-20)13-21(27)22(24)25-23(28)36-19-14-32-8-10-34-16-35-11-9-33-15-19/h4-7,17,19,21-22,27H,8-16H2,1-3H3,(H,25,28). The van der Waals surface area contributed by atoms with Crippen LogP contribution in [0.1, 0.15) is 13.8 Å². The van der Waals surface area contributed by atoms with Crippen molar-refractivity contribution in [3.63, 3.8) is 0 Å². The fraction of sp³-hybridized carbons (Fsp3) is 0.696. The number of rotatable bonds is 10. The number of alkyl carbamates (subject to hydrolysis) is 1. The molecule has 0 aromatic heterocycles. The van der Waals surface area contributed by atoms with Gasteiger partial charge in [-0.1, -0.05) is 36.4 Å². The highest BCUT2D eigenvalue weighted by Crippen LogP contribution is 2.21. The van der Waals surface area contributed by atoms with E-state index in [4.69, 9.17) is 28.4 Å². The molecule has 0 saturated carbocycles. The van der Waals surface area contributed by atoms with Crippen LogP contribution < -0.4 is 10.1 Å². The number of aliphatic hydroxyl groups is 1. The first-order valence-electron chi connectivity index (χ1n) is 11.9. The summed E-state index contributed by atoms with van der Waals surface area (Å²) in [6.07, 6.45) is -2.69. The molecule has 1 aliphatic heterocycles. The lowest BCUT2D eigenvalue weighted by molar-refractivity contribution is -0.106. The molecule has 1 aromatic carbocycles. The van der Waals surface area contributed by atoms with Gasteiger partial charge in [0.05, 0.1) is 57.8 Å². The molecule has 2 rings (SSSR count). The third-order valence-corrected chi connectivity index (χ3v) is 8.03. The second-order valence-electron chi connectivity index (χ2n) is 8.62. The zero-order valence-corrected chi connectivity index (χ0v) is 24.3. The van der Waals surface area contributed by atoms with Gasteiger partial charge in [0.2, 0.25) is 10.0 Å². The molecule has 14 heteroatoms. The number of methoxy groups -OCH3 is 1. The average molecular weight is 661 g/mol. The number of halogens is 1. The van der Waals surface area contributed by atoms with Crippen LogP contribution in [0, 0.1) is 5.92 Å². The van der Waals surface area contributed by atoms with Gasteiger partial charge in [0.1, 0.15) is 16.6 Å². The molecule has 1 fully saturated rings. The molecule has 12 nitrogen and oxygen atoms in total. The highest BCUT2D eigenvalue weighted by Gasteiger charge is 2.31. The van der Waals surface area contributed by atoms with Crippen LogP contribution in [0.2, 0.25) is 0 Å². The lowest BCUT2D eigenvalue weighted by Gasteiger charge is -2.28. The zero-order valence-electron chi connectivity index (χ0n) is 21.3. The van der Waals surface area contributed by atoms with Crippen LogP contribution in [0.15, 0.2) is 29.2 Å². The van der Waals surface area contributed by atoms with Gasteiger partial charge in [0, 0.05) is 13.1 Å². The summed E-state index contributed by atoms with van der Waals surface area (Å²) in [4.78, 5) is 12.6. The number of aliphatic hydroxyl groups excluding tert-OH is 1. The van der Waals surface area contributed by atoms with Crippen molar-refractivity contribution in [2.45, 2.75) is 35.0 Å². The van der Waals surface area contributed by atoms with E-state index < -0.39 is 32.4 Å². The fourth-order valence-corrected chi connectivity index (χ4v) is 5.33. The van der Waals surface area contributed by atoms with Gasteiger partial charge >= 0.3 is 6.09 Å². The second-order valence-corrected chi connectivity index (χ2v) is 11.9. The first kappa shape index (κ1) is 31.9. The monoisotopic (exact) mass is 660 g/mol. The third-order valence-electron chi connectivity index (χ3n) is 5.04. The molecule has 2 N–H and O–H groups in total. The van der Waals surface area contributed by atoms with Gasteiger partial charge in [0.25, 0.3) is 0 Å². The van der Waals surface area contributed by atoms with Gasteiger partial charge < -0.3 is 38.8 Å². The first-order chi connectivity index (χ1) is 17.6. The average Bonchev–Trinajstić information content (AvgIpc) is 2.84. The van der Waals surface area contributed by atoms with Crippen LogP contribution in [0.25, 0.3) is 0 Å². The van der Waals surface area contributed by atoms with Gasteiger partial charge in [0.15, 0.2) is 6.10 Å². The maximum atomic E-state index is 13.3. The maximum absolute atomic E-state index is 13.3. The zero-order chi connectivity index (χ0) is 27.3. The molecular weight excluding hydrogens is 623 g/mol. The van der Waals surface area contributed by atoms with E-state index in [0.29, 0.717) is 32.2 Å². The molecule has 37 heavy (non-hydrogen) atoms. The smallest absolute Gasteiger partial charge is 0.408 e. The van der Waals surface area contributed by atoms with E-state index in [-0.39, 0.29) is 43.9 Å². The Bertz CT molecular complexity index is 891. The molecule has 1 heterocycles. The molecule has 0 radical (unpaired) electrons. The summed E-state index contributed by atoms with van der Waals surface area (Å²) in [6.45, 7) is 5.37.